The van der Waals surface area contributed by atoms with E-state index < -0.39 is 10.0 Å². The number of anilines is 1. The Kier molecular flexibility index (Phi) is 6.36. The quantitative estimate of drug-likeness (QED) is 0.821. The number of nitrogens with zero attached hydrogens (tertiary/aromatic N) is 1. The number of methoxy groups -OCH3 is 1. The summed E-state index contributed by atoms with van der Waals surface area (Å²) < 4.78 is 33.6. The SMILES string of the molecule is COc1ccc([C@H]2CCCCCN2S(=O)(=O)c2ccc(NC(C)=O)cc2)cc1. The summed E-state index contributed by atoms with van der Waals surface area (Å²) >= 11 is 0. The predicted molar refractivity (Wildman–Crippen MR) is 109 cm³/mol. The van der Waals surface area contributed by atoms with E-state index in [2.05, 4.69) is 5.32 Å². The third-order valence-electron chi connectivity index (χ3n) is 4.99. The van der Waals surface area contributed by atoms with Crippen molar-refractivity contribution in [3.8, 4) is 5.75 Å². The number of carbonyl (C=O) groups is 1. The van der Waals surface area contributed by atoms with Crippen LogP contribution in [0.15, 0.2) is 53.4 Å². The summed E-state index contributed by atoms with van der Waals surface area (Å²) in [5, 5.41) is 2.66. The molecule has 7 heteroatoms. The van der Waals surface area contributed by atoms with E-state index in [0.717, 1.165) is 37.0 Å². The van der Waals surface area contributed by atoms with Gasteiger partial charge in [-0.1, -0.05) is 25.0 Å². The van der Waals surface area contributed by atoms with Gasteiger partial charge in [-0.2, -0.15) is 4.31 Å². The number of hydrogen-bond donors (Lipinski definition) is 1. The largest absolute Gasteiger partial charge is 0.497 e. The van der Waals surface area contributed by atoms with Crippen LogP contribution in [0.5, 0.6) is 5.75 Å². The molecule has 2 aromatic carbocycles. The first-order chi connectivity index (χ1) is 13.4. The Hall–Kier alpha value is -2.38. The molecule has 1 aliphatic heterocycles. The molecular weight excluding hydrogens is 376 g/mol. The van der Waals surface area contributed by atoms with E-state index in [4.69, 9.17) is 4.74 Å². The Balaban J connectivity index is 1.92. The standard InChI is InChI=1S/C21H26N2O4S/c1-16(24)22-18-9-13-20(14-10-18)28(25,26)23-15-5-3-4-6-21(23)17-7-11-19(27-2)12-8-17/h7-14,21H,3-6,15H2,1-2H3,(H,22,24)/t21-/m1/s1. The summed E-state index contributed by atoms with van der Waals surface area (Å²) in [5.41, 5.74) is 1.55. The summed E-state index contributed by atoms with van der Waals surface area (Å²) in [7, 11) is -2.04. The molecule has 0 bridgehead atoms. The zero-order valence-electron chi connectivity index (χ0n) is 16.2. The van der Waals surface area contributed by atoms with Crippen LogP contribution in [0.3, 0.4) is 0 Å². The molecule has 3 rings (SSSR count). The van der Waals surface area contributed by atoms with Gasteiger partial charge in [0.15, 0.2) is 0 Å². The molecule has 0 unspecified atom stereocenters. The second-order valence-corrected chi connectivity index (χ2v) is 8.85. The highest BCUT2D eigenvalue weighted by Crippen LogP contribution is 2.35. The van der Waals surface area contributed by atoms with Crippen molar-refractivity contribution in [1.82, 2.24) is 4.31 Å². The molecule has 28 heavy (non-hydrogen) atoms. The van der Waals surface area contributed by atoms with Crippen LogP contribution in [0.2, 0.25) is 0 Å². The molecule has 1 saturated heterocycles. The van der Waals surface area contributed by atoms with Gasteiger partial charge in [-0.25, -0.2) is 8.42 Å². The fraction of sp³-hybridized carbons (Fsp3) is 0.381. The molecule has 1 aliphatic rings. The van der Waals surface area contributed by atoms with Gasteiger partial charge in [0, 0.05) is 19.2 Å². The first-order valence-electron chi connectivity index (χ1n) is 9.45. The van der Waals surface area contributed by atoms with Crippen LogP contribution in [0.25, 0.3) is 0 Å². The van der Waals surface area contributed by atoms with Gasteiger partial charge in [-0.15, -0.1) is 0 Å². The maximum absolute atomic E-state index is 13.4. The van der Waals surface area contributed by atoms with E-state index >= 15 is 0 Å². The number of nitrogens with one attached hydrogen (secondary N) is 1. The van der Waals surface area contributed by atoms with Gasteiger partial charge < -0.3 is 10.1 Å². The van der Waals surface area contributed by atoms with Crippen molar-refractivity contribution >= 4 is 21.6 Å². The third-order valence-corrected chi connectivity index (χ3v) is 6.91. The highest BCUT2D eigenvalue weighted by atomic mass is 32.2. The van der Waals surface area contributed by atoms with Crippen molar-refractivity contribution in [2.24, 2.45) is 0 Å². The van der Waals surface area contributed by atoms with Crippen LogP contribution < -0.4 is 10.1 Å². The lowest BCUT2D eigenvalue weighted by Crippen LogP contribution is -2.34. The van der Waals surface area contributed by atoms with Gasteiger partial charge in [-0.05, 0) is 54.8 Å². The highest BCUT2D eigenvalue weighted by Gasteiger charge is 2.33. The minimum absolute atomic E-state index is 0.192. The maximum atomic E-state index is 13.4. The number of hydrogen-bond acceptors (Lipinski definition) is 4. The van der Waals surface area contributed by atoms with Crippen molar-refractivity contribution in [3.63, 3.8) is 0 Å². The molecule has 1 amide bonds. The second kappa shape index (κ2) is 8.75. The number of sulfonamides is 1. The molecule has 1 atom stereocenters. The molecule has 0 saturated carbocycles. The summed E-state index contributed by atoms with van der Waals surface area (Å²) in [6.45, 7) is 1.91. The second-order valence-electron chi connectivity index (χ2n) is 6.96. The average molecular weight is 403 g/mol. The smallest absolute Gasteiger partial charge is 0.243 e. The lowest BCUT2D eigenvalue weighted by Gasteiger charge is -2.29. The Bertz CT molecular complexity index is 908. The van der Waals surface area contributed by atoms with Crippen molar-refractivity contribution in [3.05, 3.63) is 54.1 Å². The van der Waals surface area contributed by atoms with Crippen LogP contribution in [0.4, 0.5) is 5.69 Å². The number of amides is 1. The number of carbonyl (C=O) groups excluding carboxylic acids is 1. The fourth-order valence-corrected chi connectivity index (χ4v) is 5.26. The van der Waals surface area contributed by atoms with Crippen LogP contribution >= 0.6 is 0 Å². The van der Waals surface area contributed by atoms with Crippen molar-refractivity contribution in [1.29, 1.82) is 0 Å². The molecule has 0 aliphatic carbocycles. The van der Waals surface area contributed by atoms with Crippen LogP contribution in [-0.2, 0) is 14.8 Å². The average Bonchev–Trinajstić information content (AvgIpc) is 2.95. The molecule has 0 spiro atoms. The Morgan fingerprint density at radius 2 is 1.71 bits per heavy atom. The maximum Gasteiger partial charge on any atom is 0.243 e. The van der Waals surface area contributed by atoms with E-state index in [1.54, 1.807) is 35.7 Å². The van der Waals surface area contributed by atoms with E-state index in [0.29, 0.717) is 12.2 Å². The minimum Gasteiger partial charge on any atom is -0.497 e. The van der Waals surface area contributed by atoms with E-state index in [-0.39, 0.29) is 16.8 Å². The molecule has 6 nitrogen and oxygen atoms in total. The van der Waals surface area contributed by atoms with Gasteiger partial charge in [0.25, 0.3) is 0 Å². The van der Waals surface area contributed by atoms with Crippen LogP contribution in [0, 0.1) is 0 Å². The lowest BCUT2D eigenvalue weighted by molar-refractivity contribution is -0.114. The van der Waals surface area contributed by atoms with E-state index in [1.165, 1.54) is 6.92 Å². The van der Waals surface area contributed by atoms with E-state index in [9.17, 15) is 13.2 Å². The number of ether oxygens (including phenoxy) is 1. The van der Waals surface area contributed by atoms with Gasteiger partial charge in [0.2, 0.25) is 15.9 Å². The number of benzene rings is 2. The summed E-state index contributed by atoms with van der Waals surface area (Å²) in [5.74, 6) is 0.558. The van der Waals surface area contributed by atoms with Crippen LogP contribution in [0.1, 0.15) is 44.2 Å². The van der Waals surface area contributed by atoms with Crippen molar-refractivity contribution in [2.75, 3.05) is 19.0 Å². The molecule has 1 heterocycles. The third kappa shape index (κ3) is 4.54. The highest BCUT2D eigenvalue weighted by molar-refractivity contribution is 7.89. The zero-order chi connectivity index (χ0) is 20.1. The molecule has 1 fully saturated rings. The predicted octanol–water partition coefficient (Wildman–Crippen LogP) is 3.96. The first kappa shape index (κ1) is 20.4. The fourth-order valence-electron chi connectivity index (χ4n) is 3.58. The first-order valence-corrected chi connectivity index (χ1v) is 10.9. The monoisotopic (exact) mass is 402 g/mol. The summed E-state index contributed by atoms with van der Waals surface area (Å²) in [6, 6.07) is 13.8. The molecule has 150 valence electrons. The Labute approximate surface area is 166 Å². The molecule has 0 radical (unpaired) electrons. The van der Waals surface area contributed by atoms with Gasteiger partial charge in [0.1, 0.15) is 5.75 Å². The molecule has 1 N–H and O–H groups in total. The van der Waals surface area contributed by atoms with Crippen molar-refractivity contribution in [2.45, 2.75) is 43.5 Å². The molecule has 0 aromatic heterocycles. The van der Waals surface area contributed by atoms with Gasteiger partial charge in [-0.3, -0.25) is 4.79 Å². The lowest BCUT2D eigenvalue weighted by atomic mass is 10.0. The Morgan fingerprint density at radius 3 is 2.32 bits per heavy atom. The topological polar surface area (TPSA) is 75.7 Å². The van der Waals surface area contributed by atoms with Gasteiger partial charge in [0.05, 0.1) is 18.0 Å². The number of rotatable bonds is 5. The van der Waals surface area contributed by atoms with Crippen molar-refractivity contribution < 1.29 is 17.9 Å². The molecule has 2 aromatic rings. The Morgan fingerprint density at radius 1 is 1.04 bits per heavy atom. The minimum atomic E-state index is -3.65. The summed E-state index contributed by atoms with van der Waals surface area (Å²) in [4.78, 5) is 11.4. The van der Waals surface area contributed by atoms with E-state index in [1.807, 2.05) is 24.3 Å². The van der Waals surface area contributed by atoms with Crippen LogP contribution in [-0.4, -0.2) is 32.3 Å². The molecular formula is C21H26N2O4S. The summed E-state index contributed by atoms with van der Waals surface area (Å²) in [6.07, 6.45) is 3.63. The normalized spacial score (nSPS) is 18.3. The zero-order valence-corrected chi connectivity index (χ0v) is 17.0. The van der Waals surface area contributed by atoms with Gasteiger partial charge >= 0.3 is 0 Å².